The second kappa shape index (κ2) is 2.97. The van der Waals surface area contributed by atoms with Gasteiger partial charge in [0.1, 0.15) is 5.92 Å². The van der Waals surface area contributed by atoms with Crippen LogP contribution in [0.4, 0.5) is 5.13 Å². The molecule has 0 spiro atoms. The van der Waals surface area contributed by atoms with Crippen LogP contribution in [0.2, 0.25) is 0 Å². The summed E-state index contributed by atoms with van der Waals surface area (Å²) in [4.78, 5) is 15.8. The van der Waals surface area contributed by atoms with Gasteiger partial charge in [0, 0.05) is 18.0 Å². The number of fused-ring (bicyclic) bond motifs is 1. The van der Waals surface area contributed by atoms with E-state index >= 15 is 0 Å². The summed E-state index contributed by atoms with van der Waals surface area (Å²) in [5.41, 5.74) is 6.14. The van der Waals surface area contributed by atoms with Gasteiger partial charge >= 0.3 is 5.97 Å². The highest BCUT2D eigenvalue weighted by molar-refractivity contribution is 7.15. The molecule has 70 valence electrons. The maximum absolute atomic E-state index is 10.8. The van der Waals surface area contributed by atoms with E-state index in [9.17, 15) is 4.79 Å². The van der Waals surface area contributed by atoms with Crippen LogP contribution in [-0.4, -0.2) is 22.6 Å². The van der Waals surface area contributed by atoms with E-state index in [2.05, 4.69) is 10.3 Å². The van der Waals surface area contributed by atoms with Crippen LogP contribution >= 0.6 is 11.3 Å². The fraction of sp³-hybridized carbons (Fsp3) is 0.429. The maximum Gasteiger partial charge on any atom is 0.313 e. The van der Waals surface area contributed by atoms with Crippen molar-refractivity contribution in [3.05, 3.63) is 10.6 Å². The van der Waals surface area contributed by atoms with Crippen molar-refractivity contribution in [2.24, 2.45) is 0 Å². The second-order valence-corrected chi connectivity index (χ2v) is 4.00. The Bertz CT molecular complexity index is 350. The molecule has 0 amide bonds. The standard InChI is InChI=1S/C7H9N3O2S/c8-7-10-5-3(6(11)12)1-9-2-4(5)13-7/h3,9H,1-2H2,(H2,8,10)(H,11,12). The lowest BCUT2D eigenvalue weighted by Gasteiger charge is -2.17. The molecule has 1 aliphatic rings. The SMILES string of the molecule is Nc1nc2c(s1)CNCC2C(=O)O. The number of nitrogens with one attached hydrogen (secondary N) is 1. The van der Waals surface area contributed by atoms with Gasteiger partial charge in [-0.3, -0.25) is 4.79 Å². The van der Waals surface area contributed by atoms with Gasteiger partial charge in [-0.05, 0) is 0 Å². The monoisotopic (exact) mass is 199 g/mol. The fourth-order valence-corrected chi connectivity index (χ4v) is 2.28. The van der Waals surface area contributed by atoms with Crippen molar-refractivity contribution in [2.45, 2.75) is 12.5 Å². The number of rotatable bonds is 1. The summed E-state index contributed by atoms with van der Waals surface area (Å²) in [6, 6.07) is 0. The predicted molar refractivity (Wildman–Crippen MR) is 48.6 cm³/mol. The Balaban J connectivity index is 2.41. The van der Waals surface area contributed by atoms with Crippen molar-refractivity contribution in [2.75, 3.05) is 12.3 Å². The van der Waals surface area contributed by atoms with Gasteiger partial charge < -0.3 is 16.2 Å². The molecule has 1 atom stereocenters. The first-order valence-electron chi connectivity index (χ1n) is 3.87. The lowest BCUT2D eigenvalue weighted by molar-refractivity contribution is -0.138. The number of aliphatic carboxylic acids is 1. The van der Waals surface area contributed by atoms with Crippen molar-refractivity contribution in [1.29, 1.82) is 0 Å². The smallest absolute Gasteiger partial charge is 0.313 e. The number of nitrogen functional groups attached to an aromatic ring is 1. The van der Waals surface area contributed by atoms with Gasteiger partial charge in [0.2, 0.25) is 0 Å². The molecule has 1 aliphatic heterocycles. The number of nitrogens with zero attached hydrogens (tertiary/aromatic N) is 1. The largest absolute Gasteiger partial charge is 0.481 e. The predicted octanol–water partition coefficient (Wildman–Crippen LogP) is -0.00330. The normalized spacial score (nSPS) is 21.1. The molecule has 0 bridgehead atoms. The minimum absolute atomic E-state index is 0.436. The highest BCUT2D eigenvalue weighted by Gasteiger charge is 2.29. The third-order valence-corrected chi connectivity index (χ3v) is 2.91. The molecule has 0 fully saturated rings. The molecule has 0 aromatic carbocycles. The summed E-state index contributed by atoms with van der Waals surface area (Å²) in [7, 11) is 0. The average molecular weight is 199 g/mol. The number of nitrogens with two attached hydrogens (primary N) is 1. The lowest BCUT2D eigenvalue weighted by atomic mass is 10.0. The Hall–Kier alpha value is -1.14. The van der Waals surface area contributed by atoms with Crippen LogP contribution in [0.5, 0.6) is 0 Å². The number of carboxylic acid groups (broad SMARTS) is 1. The highest BCUT2D eigenvalue weighted by atomic mass is 32.1. The van der Waals surface area contributed by atoms with Crippen molar-refractivity contribution >= 4 is 22.4 Å². The molecule has 13 heavy (non-hydrogen) atoms. The van der Waals surface area contributed by atoms with Crippen molar-refractivity contribution < 1.29 is 9.90 Å². The van der Waals surface area contributed by atoms with E-state index < -0.39 is 11.9 Å². The first-order valence-corrected chi connectivity index (χ1v) is 4.68. The fourth-order valence-electron chi connectivity index (χ4n) is 1.41. The van der Waals surface area contributed by atoms with Gasteiger partial charge in [0.15, 0.2) is 5.13 Å². The summed E-state index contributed by atoms with van der Waals surface area (Å²) >= 11 is 1.35. The lowest BCUT2D eigenvalue weighted by Crippen LogP contribution is -2.32. The van der Waals surface area contributed by atoms with Gasteiger partial charge in [-0.15, -0.1) is 11.3 Å². The molecule has 2 heterocycles. The quantitative estimate of drug-likeness (QED) is 0.592. The molecule has 0 radical (unpaired) electrons. The molecule has 0 saturated heterocycles. The van der Waals surface area contributed by atoms with Crippen LogP contribution in [0.15, 0.2) is 0 Å². The molecule has 1 unspecified atom stereocenters. The zero-order chi connectivity index (χ0) is 9.42. The van der Waals surface area contributed by atoms with Crippen molar-refractivity contribution in [3.63, 3.8) is 0 Å². The van der Waals surface area contributed by atoms with Gasteiger partial charge in [-0.25, -0.2) is 4.98 Å². The Morgan fingerprint density at radius 3 is 3.23 bits per heavy atom. The first kappa shape index (κ1) is 8.46. The van der Waals surface area contributed by atoms with E-state index in [1.54, 1.807) is 0 Å². The summed E-state index contributed by atoms with van der Waals surface area (Å²) < 4.78 is 0. The van der Waals surface area contributed by atoms with Gasteiger partial charge in [-0.2, -0.15) is 0 Å². The van der Waals surface area contributed by atoms with Crippen molar-refractivity contribution in [1.82, 2.24) is 10.3 Å². The van der Waals surface area contributed by atoms with Crippen LogP contribution < -0.4 is 11.1 Å². The number of hydrogen-bond acceptors (Lipinski definition) is 5. The van der Waals surface area contributed by atoms with Crippen LogP contribution in [0.25, 0.3) is 0 Å². The zero-order valence-electron chi connectivity index (χ0n) is 6.78. The summed E-state index contributed by atoms with van der Waals surface area (Å²) in [6.07, 6.45) is 0. The van der Waals surface area contributed by atoms with Crippen LogP contribution in [0.1, 0.15) is 16.5 Å². The van der Waals surface area contributed by atoms with E-state index in [-0.39, 0.29) is 0 Å². The zero-order valence-corrected chi connectivity index (χ0v) is 7.60. The highest BCUT2D eigenvalue weighted by Crippen LogP contribution is 2.29. The van der Waals surface area contributed by atoms with E-state index in [0.717, 1.165) is 4.88 Å². The number of hydrogen-bond donors (Lipinski definition) is 3. The summed E-state index contributed by atoms with van der Waals surface area (Å²) in [5, 5.41) is 12.3. The van der Waals surface area contributed by atoms with Gasteiger partial charge in [-0.1, -0.05) is 0 Å². The topological polar surface area (TPSA) is 88.2 Å². The van der Waals surface area contributed by atoms with Crippen molar-refractivity contribution in [3.8, 4) is 0 Å². The molecule has 4 N–H and O–H groups in total. The molecule has 5 nitrogen and oxygen atoms in total. The van der Waals surface area contributed by atoms with E-state index in [1.165, 1.54) is 11.3 Å². The number of anilines is 1. The Labute approximate surface area is 78.6 Å². The minimum Gasteiger partial charge on any atom is -0.481 e. The maximum atomic E-state index is 10.8. The third-order valence-electron chi connectivity index (χ3n) is 2.01. The summed E-state index contributed by atoms with van der Waals surface area (Å²) in [5.74, 6) is -1.39. The van der Waals surface area contributed by atoms with Crippen LogP contribution in [-0.2, 0) is 11.3 Å². The molecule has 2 rings (SSSR count). The van der Waals surface area contributed by atoms with E-state index in [1.807, 2.05) is 0 Å². The van der Waals surface area contributed by atoms with E-state index in [0.29, 0.717) is 23.9 Å². The Kier molecular flexibility index (Phi) is 1.93. The first-order chi connectivity index (χ1) is 6.18. The molecule has 1 aromatic rings. The van der Waals surface area contributed by atoms with E-state index in [4.69, 9.17) is 10.8 Å². The number of aromatic nitrogens is 1. The Morgan fingerprint density at radius 1 is 1.77 bits per heavy atom. The number of thiazole rings is 1. The molecule has 1 aromatic heterocycles. The number of carbonyl (C=O) groups is 1. The Morgan fingerprint density at radius 2 is 2.54 bits per heavy atom. The third kappa shape index (κ3) is 1.38. The molecule has 0 aliphatic carbocycles. The van der Waals surface area contributed by atoms with Crippen LogP contribution in [0.3, 0.4) is 0 Å². The molecule has 0 saturated carbocycles. The summed E-state index contributed by atoms with van der Waals surface area (Å²) in [6.45, 7) is 1.11. The minimum atomic E-state index is -0.848. The second-order valence-electron chi connectivity index (χ2n) is 2.88. The average Bonchev–Trinajstić information content (AvgIpc) is 2.43. The molecule has 6 heteroatoms. The molecular formula is C7H9N3O2S. The number of carboxylic acids is 1. The van der Waals surface area contributed by atoms with Gasteiger partial charge in [0.05, 0.1) is 5.69 Å². The van der Waals surface area contributed by atoms with Gasteiger partial charge in [0.25, 0.3) is 0 Å². The van der Waals surface area contributed by atoms with Crippen LogP contribution in [0, 0.1) is 0 Å². The molecular weight excluding hydrogens is 190 g/mol.